The van der Waals surface area contributed by atoms with E-state index in [1.807, 2.05) is 0 Å². The first-order chi connectivity index (χ1) is 23.4. The van der Waals surface area contributed by atoms with Gasteiger partial charge in [0.05, 0.1) is 0 Å². The second kappa shape index (κ2) is 10.1. The van der Waals surface area contributed by atoms with E-state index in [1.54, 1.807) is 71.2 Å². The average molecular weight is 667 g/mol. The summed E-state index contributed by atoms with van der Waals surface area (Å²) in [6.07, 6.45) is 11.1. The van der Waals surface area contributed by atoms with Gasteiger partial charge in [-0.3, -0.25) is 19.2 Å². The molecule has 4 aliphatic rings. The molecule has 0 aliphatic heterocycles. The lowest BCUT2D eigenvalue weighted by molar-refractivity contribution is 0.373. The van der Waals surface area contributed by atoms with Crippen molar-refractivity contribution in [1.82, 2.24) is 0 Å². The van der Waals surface area contributed by atoms with E-state index < -0.39 is 0 Å². The molecule has 2 fully saturated rings. The van der Waals surface area contributed by atoms with Crippen LogP contribution in [0.15, 0.2) is 89.8 Å². The molecule has 2 aromatic heterocycles. The lowest BCUT2D eigenvalue weighted by Gasteiger charge is -2.37. The molecule has 48 heavy (non-hydrogen) atoms. The van der Waals surface area contributed by atoms with Crippen LogP contribution in [0.1, 0.15) is 85.1 Å². The molecule has 2 heterocycles. The molecule has 4 aromatic carbocycles. The maximum absolute atomic E-state index is 13.3. The van der Waals surface area contributed by atoms with Crippen LogP contribution in [0, 0.1) is 0 Å². The molecule has 6 aromatic rings. The molecule has 2 spiro atoms. The van der Waals surface area contributed by atoms with Crippen molar-refractivity contribution in [1.29, 1.82) is 0 Å². The van der Waals surface area contributed by atoms with Crippen LogP contribution >= 0.6 is 22.7 Å². The molecule has 0 bridgehead atoms. The zero-order chi connectivity index (χ0) is 32.4. The van der Waals surface area contributed by atoms with E-state index in [4.69, 9.17) is 9.98 Å². The first kappa shape index (κ1) is 28.6. The Labute approximate surface area is 282 Å². The third kappa shape index (κ3) is 3.62. The number of thiophene rings is 2. The van der Waals surface area contributed by atoms with E-state index in [2.05, 4.69) is 12.1 Å². The Hall–Kier alpha value is -4.40. The summed E-state index contributed by atoms with van der Waals surface area (Å²) in [6, 6.07) is 18.3. The molecule has 236 valence electrons. The quantitative estimate of drug-likeness (QED) is 0.197. The standard InChI is InChI=1S/C40H30N2O4S2/c43-33-21-11-3-4-12-22(21)34(44)31(33)41-27-19-25-37(47-27)30-29(39(25)15-7-1-8-16-39)38-26(40(30)17-9-2-10-18-40)20-28(48-38)42-32-35(45)23-13-5-6-14-24(23)36(32)46/h3-6,11-14,19-20H,1-2,7-10,15-18H2. The SMILES string of the molecule is O=c1c(=Nc2cc3c(s2)C2=C(c4sc(N=c5c(=O)c6ccccc6c5=O)cc4C24CCCCC4)C32CCCCC2)c(=O)c2ccccc12. The highest BCUT2D eigenvalue weighted by molar-refractivity contribution is 7.18. The molecule has 8 heteroatoms. The summed E-state index contributed by atoms with van der Waals surface area (Å²) < 4.78 is 0. The number of benzene rings is 2. The van der Waals surface area contributed by atoms with E-state index in [0.29, 0.717) is 21.5 Å². The van der Waals surface area contributed by atoms with Crippen LogP contribution in [0.5, 0.6) is 0 Å². The van der Waals surface area contributed by atoms with E-state index in [9.17, 15) is 19.2 Å². The molecular formula is C40H30N2O4S2. The first-order valence-corrected chi connectivity index (χ1v) is 18.6. The highest BCUT2D eigenvalue weighted by Crippen LogP contribution is 2.72. The number of hydrogen-bond acceptors (Lipinski definition) is 8. The Balaban J connectivity index is 1.20. The normalized spacial score (nSPS) is 19.0. The molecule has 0 unspecified atom stereocenters. The van der Waals surface area contributed by atoms with Crippen molar-refractivity contribution in [3.63, 3.8) is 0 Å². The van der Waals surface area contributed by atoms with Crippen molar-refractivity contribution in [2.75, 3.05) is 0 Å². The van der Waals surface area contributed by atoms with Crippen molar-refractivity contribution in [3.05, 3.63) is 133 Å². The summed E-state index contributed by atoms with van der Waals surface area (Å²) in [6.45, 7) is 0. The topological polar surface area (TPSA) is 93.0 Å². The van der Waals surface area contributed by atoms with Gasteiger partial charge in [0.1, 0.15) is 10.0 Å². The minimum absolute atomic E-state index is 0.0165. The van der Waals surface area contributed by atoms with Gasteiger partial charge >= 0.3 is 0 Å². The molecule has 2 saturated carbocycles. The summed E-state index contributed by atoms with van der Waals surface area (Å²) >= 11 is 3.28. The second-order valence-corrected chi connectivity index (χ2v) is 16.1. The first-order valence-electron chi connectivity index (χ1n) is 17.0. The van der Waals surface area contributed by atoms with Crippen LogP contribution < -0.4 is 32.4 Å². The summed E-state index contributed by atoms with van der Waals surface area (Å²) in [5.74, 6) is 0. The average Bonchev–Trinajstić information content (AvgIpc) is 3.93. The highest BCUT2D eigenvalue weighted by atomic mass is 32.1. The van der Waals surface area contributed by atoms with Crippen molar-refractivity contribution >= 4 is 65.4 Å². The number of rotatable bonds is 2. The smallest absolute Gasteiger partial charge is 0.216 e. The Morgan fingerprint density at radius 1 is 0.479 bits per heavy atom. The molecule has 4 aliphatic carbocycles. The lowest BCUT2D eigenvalue weighted by Crippen LogP contribution is -2.31. The molecule has 0 N–H and O–H groups in total. The van der Waals surface area contributed by atoms with Gasteiger partial charge in [-0.1, -0.05) is 87.1 Å². The van der Waals surface area contributed by atoms with Crippen molar-refractivity contribution in [3.8, 4) is 0 Å². The molecule has 0 saturated heterocycles. The van der Waals surface area contributed by atoms with E-state index >= 15 is 0 Å². The monoisotopic (exact) mass is 666 g/mol. The summed E-state index contributed by atoms with van der Waals surface area (Å²) in [4.78, 5) is 65.2. The molecule has 10 rings (SSSR count). The van der Waals surface area contributed by atoms with Crippen LogP contribution in [0.25, 0.3) is 32.7 Å². The van der Waals surface area contributed by atoms with Crippen molar-refractivity contribution in [2.24, 2.45) is 9.98 Å². The molecule has 6 nitrogen and oxygen atoms in total. The Bertz CT molecular complexity index is 2440. The van der Waals surface area contributed by atoms with Gasteiger partial charge in [-0.15, -0.1) is 22.7 Å². The third-order valence-corrected chi connectivity index (χ3v) is 13.8. The number of allylic oxidation sites excluding steroid dienone is 2. The molecular weight excluding hydrogens is 637 g/mol. The van der Waals surface area contributed by atoms with E-state index in [-0.39, 0.29) is 43.3 Å². The van der Waals surface area contributed by atoms with Gasteiger partial charge in [-0.25, -0.2) is 9.98 Å². The maximum Gasteiger partial charge on any atom is 0.216 e. The fraction of sp³-hybridized carbons (Fsp3) is 0.300. The van der Waals surface area contributed by atoms with Crippen molar-refractivity contribution in [2.45, 2.75) is 75.0 Å². The highest BCUT2D eigenvalue weighted by Gasteiger charge is 2.58. The zero-order valence-electron chi connectivity index (χ0n) is 26.2. The Kier molecular flexibility index (Phi) is 5.99. The van der Waals surface area contributed by atoms with Crippen LogP contribution in [-0.2, 0) is 10.8 Å². The Morgan fingerprint density at radius 2 is 0.812 bits per heavy atom. The van der Waals surface area contributed by atoms with E-state index in [0.717, 1.165) is 61.4 Å². The summed E-state index contributed by atoms with van der Waals surface area (Å²) in [5.41, 5.74) is 3.99. The predicted octanol–water partition coefficient (Wildman–Crippen LogP) is 7.11. The third-order valence-electron chi connectivity index (χ3n) is 11.7. The van der Waals surface area contributed by atoms with Crippen molar-refractivity contribution < 1.29 is 0 Å². The number of fused-ring (bicyclic) bond motifs is 10. The zero-order valence-corrected chi connectivity index (χ0v) is 27.8. The maximum atomic E-state index is 13.3. The molecule has 0 amide bonds. The minimum Gasteiger partial charge on any atom is -0.287 e. The van der Waals surface area contributed by atoms with Gasteiger partial charge in [-0.2, -0.15) is 0 Å². The Morgan fingerprint density at radius 3 is 1.15 bits per heavy atom. The second-order valence-electron chi connectivity index (χ2n) is 14.0. The molecule has 0 atom stereocenters. The largest absolute Gasteiger partial charge is 0.287 e. The molecule has 0 radical (unpaired) electrons. The van der Waals surface area contributed by atoms with E-state index in [1.165, 1.54) is 44.9 Å². The van der Waals surface area contributed by atoms with Crippen LogP contribution in [0.3, 0.4) is 0 Å². The van der Waals surface area contributed by atoms with Gasteiger partial charge < -0.3 is 0 Å². The van der Waals surface area contributed by atoms with Gasteiger partial charge in [0.25, 0.3) is 0 Å². The summed E-state index contributed by atoms with van der Waals surface area (Å²) in [7, 11) is 0. The lowest BCUT2D eigenvalue weighted by atomic mass is 9.67. The van der Waals surface area contributed by atoms with Gasteiger partial charge in [0.2, 0.25) is 21.7 Å². The predicted molar refractivity (Wildman–Crippen MR) is 193 cm³/mol. The number of nitrogens with zero attached hydrogens (tertiary/aromatic N) is 2. The van der Waals surface area contributed by atoms with Crippen LogP contribution in [0.4, 0.5) is 10.0 Å². The fourth-order valence-corrected chi connectivity index (χ4v) is 12.2. The minimum atomic E-state index is -0.292. The fourth-order valence-electron chi connectivity index (χ4n) is 9.61. The van der Waals surface area contributed by atoms with Gasteiger partial charge in [0.15, 0.2) is 10.7 Å². The van der Waals surface area contributed by atoms with Gasteiger partial charge in [0, 0.05) is 42.1 Å². The number of hydrogen-bond donors (Lipinski definition) is 0. The van der Waals surface area contributed by atoms with Crippen LogP contribution in [0.2, 0.25) is 0 Å². The van der Waals surface area contributed by atoms with Gasteiger partial charge in [-0.05, 0) is 60.1 Å². The van der Waals surface area contributed by atoms with Crippen LogP contribution in [-0.4, -0.2) is 0 Å². The summed E-state index contributed by atoms with van der Waals surface area (Å²) in [5, 5.41) is 3.23.